The van der Waals surface area contributed by atoms with Gasteiger partial charge in [0.25, 0.3) is 0 Å². The summed E-state index contributed by atoms with van der Waals surface area (Å²) in [4.78, 5) is 11.8. The number of carbonyl (C=O) groups excluding carboxylic acids is 1. The molecule has 2 aromatic rings. The number of ether oxygens (including phenoxy) is 1. The number of hydrogen-bond donors (Lipinski definition) is 2. The number of nitrogens with one attached hydrogen (secondary N) is 2. The van der Waals surface area contributed by atoms with E-state index >= 15 is 0 Å². The van der Waals surface area contributed by atoms with Crippen LogP contribution in [0.2, 0.25) is 5.02 Å². The Morgan fingerprint density at radius 2 is 1.88 bits per heavy atom. The van der Waals surface area contributed by atoms with Gasteiger partial charge in [-0.1, -0.05) is 48.0 Å². The summed E-state index contributed by atoms with van der Waals surface area (Å²) in [6, 6.07) is 16.0. The molecule has 0 heterocycles. The standard InChI is InChI=1S/C19H21ClN2O2/c1-13-17(20)8-5-9-18(13)21-15-10-16(11-15)22-19(23)24-12-14-6-3-2-4-7-14/h2-9,15-16,21H,10-12H2,1H3,(H,22,23). The maximum Gasteiger partial charge on any atom is 0.407 e. The lowest BCUT2D eigenvalue weighted by Crippen LogP contribution is -2.49. The van der Waals surface area contributed by atoms with Crippen LogP contribution in [0.3, 0.4) is 0 Å². The number of carbonyl (C=O) groups is 1. The molecular formula is C19H21ClN2O2. The van der Waals surface area contributed by atoms with Crippen LogP contribution in [0.1, 0.15) is 24.0 Å². The molecule has 1 saturated carbocycles. The van der Waals surface area contributed by atoms with Gasteiger partial charge in [-0.2, -0.15) is 0 Å². The number of halogens is 1. The molecule has 5 heteroatoms. The van der Waals surface area contributed by atoms with Gasteiger partial charge in [-0.25, -0.2) is 4.79 Å². The Morgan fingerprint density at radius 3 is 2.62 bits per heavy atom. The van der Waals surface area contributed by atoms with Gasteiger partial charge in [-0.3, -0.25) is 0 Å². The minimum Gasteiger partial charge on any atom is -0.445 e. The molecule has 1 aliphatic carbocycles. The van der Waals surface area contributed by atoms with Crippen molar-refractivity contribution in [3.63, 3.8) is 0 Å². The van der Waals surface area contributed by atoms with Crippen LogP contribution in [0.15, 0.2) is 48.5 Å². The monoisotopic (exact) mass is 344 g/mol. The third-order valence-electron chi connectivity index (χ3n) is 4.30. The average molecular weight is 345 g/mol. The minimum atomic E-state index is -0.360. The van der Waals surface area contributed by atoms with E-state index in [-0.39, 0.29) is 12.1 Å². The Morgan fingerprint density at radius 1 is 1.12 bits per heavy atom. The molecule has 126 valence electrons. The molecule has 0 saturated heterocycles. The Kier molecular flexibility index (Phi) is 5.26. The van der Waals surface area contributed by atoms with E-state index in [1.165, 1.54) is 0 Å². The molecule has 1 aliphatic rings. The van der Waals surface area contributed by atoms with E-state index in [2.05, 4.69) is 10.6 Å². The van der Waals surface area contributed by atoms with Crippen molar-refractivity contribution < 1.29 is 9.53 Å². The molecule has 2 N–H and O–H groups in total. The van der Waals surface area contributed by atoms with Crippen LogP contribution in [0.5, 0.6) is 0 Å². The fourth-order valence-electron chi connectivity index (χ4n) is 2.77. The Balaban J connectivity index is 1.39. The predicted molar refractivity (Wildman–Crippen MR) is 96.4 cm³/mol. The zero-order chi connectivity index (χ0) is 16.9. The summed E-state index contributed by atoms with van der Waals surface area (Å²) in [7, 11) is 0. The van der Waals surface area contributed by atoms with Crippen LogP contribution in [0.4, 0.5) is 10.5 Å². The lowest BCUT2D eigenvalue weighted by Gasteiger charge is -2.37. The van der Waals surface area contributed by atoms with E-state index < -0.39 is 0 Å². The van der Waals surface area contributed by atoms with E-state index in [1.807, 2.05) is 55.5 Å². The summed E-state index contributed by atoms with van der Waals surface area (Å²) < 4.78 is 5.23. The first-order valence-electron chi connectivity index (χ1n) is 8.10. The van der Waals surface area contributed by atoms with Crippen LogP contribution in [0, 0.1) is 6.92 Å². The lowest BCUT2D eigenvalue weighted by atomic mass is 9.86. The summed E-state index contributed by atoms with van der Waals surface area (Å²) in [6.45, 7) is 2.29. The first-order valence-corrected chi connectivity index (χ1v) is 8.48. The Bertz CT molecular complexity index is 700. The molecule has 3 rings (SSSR count). The molecular weight excluding hydrogens is 324 g/mol. The highest BCUT2D eigenvalue weighted by Crippen LogP contribution is 2.28. The second-order valence-corrected chi connectivity index (χ2v) is 6.54. The molecule has 0 spiro atoms. The highest BCUT2D eigenvalue weighted by Gasteiger charge is 2.30. The van der Waals surface area contributed by atoms with Gasteiger partial charge in [-0.15, -0.1) is 0 Å². The average Bonchev–Trinajstić information content (AvgIpc) is 2.56. The zero-order valence-electron chi connectivity index (χ0n) is 13.6. The first-order chi connectivity index (χ1) is 11.6. The van der Waals surface area contributed by atoms with Crippen molar-refractivity contribution in [3.05, 3.63) is 64.7 Å². The summed E-state index contributed by atoms with van der Waals surface area (Å²) in [5, 5.41) is 7.14. The highest BCUT2D eigenvalue weighted by molar-refractivity contribution is 6.31. The number of benzene rings is 2. The second kappa shape index (κ2) is 7.58. The molecule has 0 aromatic heterocycles. The fraction of sp³-hybridized carbons (Fsp3) is 0.316. The molecule has 1 amide bonds. The van der Waals surface area contributed by atoms with Crippen molar-refractivity contribution in [3.8, 4) is 0 Å². The van der Waals surface area contributed by atoms with Gasteiger partial charge < -0.3 is 15.4 Å². The molecule has 0 unspecified atom stereocenters. The van der Waals surface area contributed by atoms with E-state index in [4.69, 9.17) is 16.3 Å². The summed E-state index contributed by atoms with van der Waals surface area (Å²) in [5.74, 6) is 0. The molecule has 1 fully saturated rings. The summed E-state index contributed by atoms with van der Waals surface area (Å²) in [6.07, 6.45) is 1.40. The van der Waals surface area contributed by atoms with Crippen LogP contribution in [-0.2, 0) is 11.3 Å². The summed E-state index contributed by atoms with van der Waals surface area (Å²) in [5.41, 5.74) is 3.09. The van der Waals surface area contributed by atoms with E-state index in [1.54, 1.807) is 0 Å². The van der Waals surface area contributed by atoms with Gasteiger partial charge in [-0.05, 0) is 43.0 Å². The molecule has 0 radical (unpaired) electrons. The van der Waals surface area contributed by atoms with Gasteiger partial charge in [0, 0.05) is 22.8 Å². The number of anilines is 1. The Hall–Kier alpha value is -2.20. The maximum absolute atomic E-state index is 11.8. The van der Waals surface area contributed by atoms with Crippen molar-refractivity contribution in [1.82, 2.24) is 5.32 Å². The van der Waals surface area contributed by atoms with Crippen molar-refractivity contribution in [2.24, 2.45) is 0 Å². The molecule has 4 nitrogen and oxygen atoms in total. The van der Waals surface area contributed by atoms with Crippen molar-refractivity contribution in [2.75, 3.05) is 5.32 Å². The predicted octanol–water partition coefficient (Wildman–Crippen LogP) is 4.52. The van der Waals surface area contributed by atoms with Gasteiger partial charge in [0.1, 0.15) is 6.61 Å². The molecule has 0 aliphatic heterocycles. The zero-order valence-corrected chi connectivity index (χ0v) is 14.3. The van der Waals surface area contributed by atoms with Crippen molar-refractivity contribution >= 4 is 23.4 Å². The van der Waals surface area contributed by atoms with Crippen molar-refractivity contribution in [2.45, 2.75) is 38.5 Å². The van der Waals surface area contributed by atoms with E-state index in [9.17, 15) is 4.79 Å². The quantitative estimate of drug-likeness (QED) is 0.838. The van der Waals surface area contributed by atoms with Gasteiger partial charge in [0.05, 0.1) is 0 Å². The van der Waals surface area contributed by atoms with Gasteiger partial charge >= 0.3 is 6.09 Å². The number of rotatable bonds is 5. The molecule has 2 aromatic carbocycles. The van der Waals surface area contributed by atoms with Gasteiger partial charge in [0.2, 0.25) is 0 Å². The van der Waals surface area contributed by atoms with Crippen molar-refractivity contribution in [1.29, 1.82) is 0 Å². The largest absolute Gasteiger partial charge is 0.445 e. The van der Waals surface area contributed by atoms with Crippen LogP contribution in [-0.4, -0.2) is 18.2 Å². The molecule has 0 bridgehead atoms. The SMILES string of the molecule is Cc1c(Cl)cccc1NC1CC(NC(=O)OCc2ccccc2)C1. The Labute approximate surface area is 147 Å². The molecule has 24 heavy (non-hydrogen) atoms. The maximum atomic E-state index is 11.8. The third kappa shape index (κ3) is 4.20. The van der Waals surface area contributed by atoms with Crippen LogP contribution < -0.4 is 10.6 Å². The minimum absolute atomic E-state index is 0.158. The molecule has 0 atom stereocenters. The van der Waals surface area contributed by atoms with Crippen LogP contribution >= 0.6 is 11.6 Å². The smallest absolute Gasteiger partial charge is 0.407 e. The van der Waals surface area contributed by atoms with E-state index in [0.717, 1.165) is 34.7 Å². The first kappa shape index (κ1) is 16.7. The number of amides is 1. The van der Waals surface area contributed by atoms with Gasteiger partial charge in [0.15, 0.2) is 0 Å². The third-order valence-corrected chi connectivity index (χ3v) is 4.71. The number of hydrogen-bond acceptors (Lipinski definition) is 3. The lowest BCUT2D eigenvalue weighted by molar-refractivity contribution is 0.129. The van der Waals surface area contributed by atoms with E-state index in [0.29, 0.717) is 12.6 Å². The normalized spacial score (nSPS) is 19.2. The highest BCUT2D eigenvalue weighted by atomic mass is 35.5. The number of alkyl carbamates (subject to hydrolysis) is 1. The topological polar surface area (TPSA) is 50.4 Å². The second-order valence-electron chi connectivity index (χ2n) is 6.13. The fourth-order valence-corrected chi connectivity index (χ4v) is 2.94. The van der Waals surface area contributed by atoms with Crippen LogP contribution in [0.25, 0.3) is 0 Å². The summed E-state index contributed by atoms with van der Waals surface area (Å²) >= 11 is 6.13.